The summed E-state index contributed by atoms with van der Waals surface area (Å²) in [6.45, 7) is 2.81. The van der Waals surface area contributed by atoms with Gasteiger partial charge in [-0.2, -0.15) is 0 Å². The van der Waals surface area contributed by atoms with Gasteiger partial charge in [0.25, 0.3) is 0 Å². The highest BCUT2D eigenvalue weighted by atomic mass is 16.2. The van der Waals surface area contributed by atoms with Gasteiger partial charge < -0.3 is 53.6 Å². The van der Waals surface area contributed by atoms with Crippen molar-refractivity contribution in [3.05, 3.63) is 0 Å². The van der Waals surface area contributed by atoms with Crippen molar-refractivity contribution < 1.29 is 38.4 Å². The van der Waals surface area contributed by atoms with Gasteiger partial charge in [-0.15, -0.1) is 0 Å². The molecule has 18 nitrogen and oxygen atoms in total. The molecule has 0 rings (SSSR count). The second-order valence-corrected chi connectivity index (χ2v) is 11.7. The van der Waals surface area contributed by atoms with E-state index in [0.717, 1.165) is 4.90 Å². The van der Waals surface area contributed by atoms with Crippen LogP contribution in [0, 0.1) is 0 Å². The van der Waals surface area contributed by atoms with Crippen molar-refractivity contribution in [2.75, 3.05) is 53.4 Å². The number of rotatable bonds is 28. The zero-order chi connectivity index (χ0) is 37.2. The molecule has 0 aromatic heterocycles. The molecule has 8 amide bonds. The molecule has 0 radical (unpaired) electrons. The normalized spacial score (nSPS) is 12.5. The predicted octanol–water partition coefficient (Wildman–Crippen LogP) is -3.15. The summed E-state index contributed by atoms with van der Waals surface area (Å²) in [5.41, 5.74) is 10.6. The summed E-state index contributed by atoms with van der Waals surface area (Å²) in [4.78, 5) is 97.8. The fourth-order valence-corrected chi connectivity index (χ4v) is 4.78. The van der Waals surface area contributed by atoms with E-state index in [0.29, 0.717) is 64.3 Å². The number of nitrogens with one attached hydrogen (secondary N) is 7. The molecule has 0 fully saturated rings. The van der Waals surface area contributed by atoms with Crippen molar-refractivity contribution in [1.82, 2.24) is 42.1 Å². The molecule has 280 valence electrons. The fourth-order valence-electron chi connectivity index (χ4n) is 4.78. The molecule has 0 aliphatic carbocycles. The van der Waals surface area contributed by atoms with Crippen molar-refractivity contribution in [3.8, 4) is 0 Å². The number of unbranched alkanes of at least 4 members (excludes halogenated alkanes) is 3. The molecule has 11 N–H and O–H groups in total. The summed E-state index contributed by atoms with van der Waals surface area (Å²) < 4.78 is 0. The van der Waals surface area contributed by atoms with E-state index in [1.54, 1.807) is 14.1 Å². The number of carbonyl (C=O) groups is 8. The molecule has 0 aliphatic heterocycles. The van der Waals surface area contributed by atoms with Gasteiger partial charge in [-0.25, -0.2) is 0 Å². The first-order valence-electron chi connectivity index (χ1n) is 16.7. The van der Waals surface area contributed by atoms with Crippen LogP contribution in [0.3, 0.4) is 0 Å². The Morgan fingerprint density at radius 1 is 0.551 bits per heavy atom. The van der Waals surface area contributed by atoms with E-state index < -0.39 is 72.6 Å². The SMILES string of the molecule is CNC(CCCCNC(=O)CN(CC(=O)NCCCCC(NC)C(N)=O)C(=O)CCNC(=O)[C@H](CCCCNC(C)=O)NC(C)=O)C(N)=O. The van der Waals surface area contributed by atoms with Gasteiger partial charge in [0.1, 0.15) is 19.1 Å². The predicted molar refractivity (Wildman–Crippen MR) is 182 cm³/mol. The Hall–Kier alpha value is -4.32. The zero-order valence-corrected chi connectivity index (χ0v) is 29.4. The lowest BCUT2D eigenvalue weighted by molar-refractivity contribution is -0.139. The van der Waals surface area contributed by atoms with E-state index in [9.17, 15) is 38.4 Å². The van der Waals surface area contributed by atoms with Crippen molar-refractivity contribution in [2.45, 2.75) is 96.2 Å². The van der Waals surface area contributed by atoms with Gasteiger partial charge in [-0.3, -0.25) is 38.4 Å². The number of hydrogen-bond acceptors (Lipinski definition) is 10. The topological polar surface area (TPSA) is 276 Å². The maximum atomic E-state index is 13.1. The third-order valence-corrected chi connectivity index (χ3v) is 7.51. The lowest BCUT2D eigenvalue weighted by Crippen LogP contribution is -2.48. The van der Waals surface area contributed by atoms with Gasteiger partial charge in [-0.05, 0) is 71.9 Å². The summed E-state index contributed by atoms with van der Waals surface area (Å²) >= 11 is 0. The third kappa shape index (κ3) is 22.8. The first kappa shape index (κ1) is 44.7. The van der Waals surface area contributed by atoms with Gasteiger partial charge in [-0.1, -0.05) is 0 Å². The molecule has 3 atom stereocenters. The van der Waals surface area contributed by atoms with Gasteiger partial charge >= 0.3 is 0 Å². The van der Waals surface area contributed by atoms with Crippen molar-refractivity contribution >= 4 is 47.3 Å². The van der Waals surface area contributed by atoms with Crippen LogP contribution in [-0.4, -0.2) is 124 Å². The van der Waals surface area contributed by atoms with E-state index in [1.807, 2.05) is 0 Å². The lowest BCUT2D eigenvalue weighted by atomic mass is 10.1. The number of carbonyl (C=O) groups excluding carboxylic acids is 8. The molecule has 0 saturated heterocycles. The van der Waals surface area contributed by atoms with Gasteiger partial charge in [0.2, 0.25) is 47.3 Å². The van der Waals surface area contributed by atoms with E-state index in [2.05, 4.69) is 37.2 Å². The minimum absolute atomic E-state index is 0.0988. The Labute approximate surface area is 288 Å². The van der Waals surface area contributed by atoms with Crippen LogP contribution in [0.5, 0.6) is 0 Å². The number of nitrogens with zero attached hydrogens (tertiary/aromatic N) is 1. The Morgan fingerprint density at radius 2 is 0.980 bits per heavy atom. The van der Waals surface area contributed by atoms with Crippen molar-refractivity contribution in [3.63, 3.8) is 0 Å². The molecular formula is C31H58N10O8. The number of nitrogens with two attached hydrogens (primary N) is 2. The van der Waals surface area contributed by atoms with E-state index in [1.165, 1.54) is 13.8 Å². The van der Waals surface area contributed by atoms with Crippen LogP contribution >= 0.6 is 0 Å². The summed E-state index contributed by atoms with van der Waals surface area (Å²) in [6.07, 6.45) is 4.61. The summed E-state index contributed by atoms with van der Waals surface area (Å²) in [5.74, 6) is -3.50. The summed E-state index contributed by atoms with van der Waals surface area (Å²) in [7, 11) is 3.26. The number of amides is 8. The average molecular weight is 699 g/mol. The number of hydrogen-bond donors (Lipinski definition) is 9. The minimum atomic E-state index is -0.838. The zero-order valence-electron chi connectivity index (χ0n) is 29.4. The average Bonchev–Trinajstić information content (AvgIpc) is 3.02. The molecule has 0 saturated carbocycles. The monoisotopic (exact) mass is 698 g/mol. The second kappa shape index (κ2) is 26.6. The Kier molecular flexibility index (Phi) is 24.3. The van der Waals surface area contributed by atoms with Gasteiger partial charge in [0.15, 0.2) is 0 Å². The lowest BCUT2D eigenvalue weighted by Gasteiger charge is -2.23. The standard InChI is InChI=1S/C31H58N10O8/c1-21(42)36-15-8-7-13-25(40-22(2)43)31(49)39-18-14-28(46)41(19-26(44)37-16-9-5-11-23(34-3)29(32)47)20-27(45)38-17-10-6-12-24(35-4)30(33)48/h23-25,34-35H,5-20H2,1-4H3,(H2,32,47)(H2,33,48)(H,36,42)(H,37,44)(H,38,45)(H,39,49)(H,40,43)/t23?,24?,25-/m0/s1. The van der Waals surface area contributed by atoms with Crippen LogP contribution in [-0.2, 0) is 38.4 Å². The van der Waals surface area contributed by atoms with Crippen LogP contribution in [0.1, 0.15) is 78.1 Å². The smallest absolute Gasteiger partial charge is 0.242 e. The van der Waals surface area contributed by atoms with Crippen LogP contribution in [0.15, 0.2) is 0 Å². The molecule has 2 unspecified atom stereocenters. The van der Waals surface area contributed by atoms with Crippen LogP contribution in [0.4, 0.5) is 0 Å². The highest BCUT2D eigenvalue weighted by Gasteiger charge is 2.23. The largest absolute Gasteiger partial charge is 0.368 e. The van der Waals surface area contributed by atoms with Crippen LogP contribution in [0.2, 0.25) is 0 Å². The molecule has 0 spiro atoms. The second-order valence-electron chi connectivity index (χ2n) is 11.7. The van der Waals surface area contributed by atoms with E-state index >= 15 is 0 Å². The Bertz CT molecular complexity index is 1040. The molecule has 0 aromatic carbocycles. The Morgan fingerprint density at radius 3 is 1.37 bits per heavy atom. The molecular weight excluding hydrogens is 640 g/mol. The van der Waals surface area contributed by atoms with Gasteiger partial charge in [0, 0.05) is 46.4 Å². The molecule has 0 aliphatic rings. The highest BCUT2D eigenvalue weighted by molar-refractivity contribution is 5.90. The molecule has 49 heavy (non-hydrogen) atoms. The maximum absolute atomic E-state index is 13.1. The van der Waals surface area contributed by atoms with Crippen molar-refractivity contribution in [2.24, 2.45) is 11.5 Å². The minimum Gasteiger partial charge on any atom is -0.368 e. The fraction of sp³-hybridized carbons (Fsp3) is 0.742. The summed E-state index contributed by atoms with van der Waals surface area (Å²) in [5, 5.41) is 19.0. The van der Waals surface area contributed by atoms with Crippen LogP contribution in [0.25, 0.3) is 0 Å². The molecule has 0 bridgehead atoms. The van der Waals surface area contributed by atoms with E-state index in [-0.39, 0.29) is 32.0 Å². The number of likely N-dealkylation sites (N-methyl/N-ethyl adjacent to an activating group) is 2. The highest BCUT2D eigenvalue weighted by Crippen LogP contribution is 2.04. The molecule has 0 heterocycles. The Balaban J connectivity index is 5.13. The first-order chi connectivity index (χ1) is 23.2. The maximum Gasteiger partial charge on any atom is 0.242 e. The molecule has 18 heteroatoms. The third-order valence-electron chi connectivity index (χ3n) is 7.51. The van der Waals surface area contributed by atoms with E-state index in [4.69, 9.17) is 11.5 Å². The van der Waals surface area contributed by atoms with Crippen LogP contribution < -0.4 is 48.7 Å². The van der Waals surface area contributed by atoms with Gasteiger partial charge in [0.05, 0.1) is 12.1 Å². The summed E-state index contributed by atoms with van der Waals surface area (Å²) in [6, 6.07) is -1.78. The first-order valence-corrected chi connectivity index (χ1v) is 16.7. The molecule has 0 aromatic rings. The quantitative estimate of drug-likeness (QED) is 0.0370. The van der Waals surface area contributed by atoms with Crippen molar-refractivity contribution in [1.29, 1.82) is 0 Å². The number of primary amides is 2.